The average molecular weight is 249 g/mol. The maximum atomic E-state index is 5.98. The molecule has 1 aromatic rings. The van der Waals surface area contributed by atoms with E-state index in [4.69, 9.17) is 10.7 Å². The Balaban J connectivity index is 1.70. The Bertz CT molecular complexity index is 406. The van der Waals surface area contributed by atoms with Crippen molar-refractivity contribution in [2.24, 2.45) is 5.73 Å². The van der Waals surface area contributed by atoms with Crippen LogP contribution in [0.1, 0.15) is 43.8 Å². The Hall–Kier alpha value is -0.940. The van der Waals surface area contributed by atoms with Gasteiger partial charge in [0.2, 0.25) is 0 Å². The van der Waals surface area contributed by atoms with Gasteiger partial charge in [-0.1, -0.05) is 6.92 Å². The van der Waals surface area contributed by atoms with Crippen LogP contribution in [0.3, 0.4) is 0 Å². The van der Waals surface area contributed by atoms with E-state index in [0.29, 0.717) is 5.92 Å². The van der Waals surface area contributed by atoms with E-state index >= 15 is 0 Å². The number of hydrogen-bond donors (Lipinski definition) is 1. The van der Waals surface area contributed by atoms with Crippen LogP contribution < -0.4 is 5.73 Å². The van der Waals surface area contributed by atoms with Gasteiger partial charge in [-0.25, -0.2) is 9.67 Å². The van der Waals surface area contributed by atoms with Crippen LogP contribution in [-0.2, 0) is 13.0 Å². The number of piperidine rings is 1. The molecule has 0 aliphatic carbocycles. The molecule has 2 aliphatic heterocycles. The van der Waals surface area contributed by atoms with Crippen LogP contribution in [-0.4, -0.2) is 45.3 Å². The van der Waals surface area contributed by atoms with Crippen molar-refractivity contribution >= 4 is 0 Å². The zero-order valence-corrected chi connectivity index (χ0v) is 11.2. The van der Waals surface area contributed by atoms with Gasteiger partial charge in [0.25, 0.3) is 0 Å². The zero-order chi connectivity index (χ0) is 12.5. The molecular formula is C13H23N5. The lowest BCUT2D eigenvalue weighted by molar-refractivity contribution is 0.219. The highest BCUT2D eigenvalue weighted by Crippen LogP contribution is 2.26. The predicted molar refractivity (Wildman–Crippen MR) is 70.4 cm³/mol. The van der Waals surface area contributed by atoms with E-state index in [9.17, 15) is 0 Å². The lowest BCUT2D eigenvalue weighted by Gasteiger charge is -2.29. The van der Waals surface area contributed by atoms with E-state index in [1.165, 1.54) is 25.9 Å². The minimum atomic E-state index is 0.258. The molecule has 0 amide bonds. The summed E-state index contributed by atoms with van der Waals surface area (Å²) in [6, 6.07) is 0.258. The topological polar surface area (TPSA) is 60.0 Å². The second-order valence-corrected chi connectivity index (χ2v) is 5.58. The van der Waals surface area contributed by atoms with E-state index in [-0.39, 0.29) is 6.04 Å². The maximum absolute atomic E-state index is 5.98. The summed E-state index contributed by atoms with van der Waals surface area (Å²) < 4.78 is 2.04. The number of nitrogens with two attached hydrogens (primary N) is 1. The Morgan fingerprint density at radius 2 is 2.06 bits per heavy atom. The summed E-state index contributed by atoms with van der Waals surface area (Å²) in [5.74, 6) is 2.77. The molecule has 3 heterocycles. The van der Waals surface area contributed by atoms with E-state index < -0.39 is 0 Å². The van der Waals surface area contributed by atoms with Gasteiger partial charge in [0, 0.05) is 18.4 Å². The number of likely N-dealkylation sites (tertiary alicyclic amines) is 1. The Morgan fingerprint density at radius 1 is 1.28 bits per heavy atom. The monoisotopic (exact) mass is 249 g/mol. The van der Waals surface area contributed by atoms with Gasteiger partial charge in [-0.15, -0.1) is 0 Å². The number of aryl methyl sites for hydroxylation is 1. The van der Waals surface area contributed by atoms with Crippen molar-refractivity contribution < 1.29 is 0 Å². The highest BCUT2D eigenvalue weighted by atomic mass is 15.4. The fourth-order valence-corrected chi connectivity index (χ4v) is 3.03. The molecule has 0 bridgehead atoms. The standard InChI is InChI=1S/C13H23N5/c1-2-17-7-5-10(6-8-17)13-15-12-4-3-11(14)9-18(12)16-13/h10-11H,2-9,14H2,1H3. The summed E-state index contributed by atoms with van der Waals surface area (Å²) in [5.41, 5.74) is 5.98. The first-order valence-corrected chi connectivity index (χ1v) is 7.18. The van der Waals surface area contributed by atoms with Crippen molar-refractivity contribution in [3.63, 3.8) is 0 Å². The van der Waals surface area contributed by atoms with Crippen LogP contribution in [0.4, 0.5) is 0 Å². The summed E-state index contributed by atoms with van der Waals surface area (Å²) in [5, 5.41) is 4.68. The molecule has 18 heavy (non-hydrogen) atoms. The molecule has 0 saturated carbocycles. The molecule has 1 atom stereocenters. The SMILES string of the molecule is CCN1CCC(c2nc3n(n2)CC(N)CC3)CC1. The normalized spacial score (nSPS) is 26.2. The summed E-state index contributed by atoms with van der Waals surface area (Å²) in [4.78, 5) is 7.24. The Morgan fingerprint density at radius 3 is 2.78 bits per heavy atom. The molecule has 1 saturated heterocycles. The number of rotatable bonds is 2. The van der Waals surface area contributed by atoms with E-state index in [0.717, 1.165) is 37.6 Å². The minimum absolute atomic E-state index is 0.258. The number of fused-ring (bicyclic) bond motifs is 1. The van der Waals surface area contributed by atoms with E-state index in [1.807, 2.05) is 4.68 Å². The molecular weight excluding hydrogens is 226 g/mol. The van der Waals surface area contributed by atoms with Crippen molar-refractivity contribution in [3.05, 3.63) is 11.6 Å². The smallest absolute Gasteiger partial charge is 0.154 e. The quantitative estimate of drug-likeness (QED) is 0.840. The molecule has 0 radical (unpaired) electrons. The third-order valence-electron chi connectivity index (χ3n) is 4.31. The van der Waals surface area contributed by atoms with Crippen LogP contribution in [0.15, 0.2) is 0 Å². The first-order chi connectivity index (χ1) is 8.76. The van der Waals surface area contributed by atoms with Crippen LogP contribution in [0.5, 0.6) is 0 Å². The molecule has 0 aromatic carbocycles. The second-order valence-electron chi connectivity index (χ2n) is 5.58. The van der Waals surface area contributed by atoms with Crippen LogP contribution in [0.2, 0.25) is 0 Å². The molecule has 2 N–H and O–H groups in total. The first kappa shape index (κ1) is 12.1. The van der Waals surface area contributed by atoms with Gasteiger partial charge in [-0.05, 0) is 38.9 Å². The molecule has 5 nitrogen and oxygen atoms in total. The number of hydrogen-bond acceptors (Lipinski definition) is 4. The fraction of sp³-hybridized carbons (Fsp3) is 0.846. The van der Waals surface area contributed by atoms with Crippen LogP contribution in [0, 0.1) is 0 Å². The van der Waals surface area contributed by atoms with Gasteiger partial charge >= 0.3 is 0 Å². The largest absolute Gasteiger partial charge is 0.326 e. The lowest BCUT2D eigenvalue weighted by atomic mass is 9.96. The molecule has 1 fully saturated rings. The summed E-state index contributed by atoms with van der Waals surface area (Å²) in [7, 11) is 0. The van der Waals surface area contributed by atoms with Gasteiger partial charge < -0.3 is 10.6 Å². The first-order valence-electron chi connectivity index (χ1n) is 7.18. The lowest BCUT2D eigenvalue weighted by Crippen LogP contribution is -2.33. The molecule has 1 aromatic heterocycles. The number of nitrogens with zero attached hydrogens (tertiary/aromatic N) is 4. The zero-order valence-electron chi connectivity index (χ0n) is 11.2. The van der Waals surface area contributed by atoms with Gasteiger partial charge in [0.05, 0.1) is 6.54 Å². The van der Waals surface area contributed by atoms with Gasteiger partial charge in [-0.3, -0.25) is 0 Å². The minimum Gasteiger partial charge on any atom is -0.326 e. The maximum Gasteiger partial charge on any atom is 0.154 e. The highest BCUT2D eigenvalue weighted by molar-refractivity contribution is 5.04. The highest BCUT2D eigenvalue weighted by Gasteiger charge is 2.26. The molecule has 3 rings (SSSR count). The van der Waals surface area contributed by atoms with Crippen molar-refractivity contribution in [1.29, 1.82) is 0 Å². The molecule has 2 aliphatic rings. The fourth-order valence-electron chi connectivity index (χ4n) is 3.03. The van der Waals surface area contributed by atoms with Crippen molar-refractivity contribution in [1.82, 2.24) is 19.7 Å². The van der Waals surface area contributed by atoms with Crippen molar-refractivity contribution in [3.8, 4) is 0 Å². The van der Waals surface area contributed by atoms with Gasteiger partial charge in [-0.2, -0.15) is 5.10 Å². The average Bonchev–Trinajstić information content (AvgIpc) is 2.81. The van der Waals surface area contributed by atoms with Gasteiger partial charge in [0.15, 0.2) is 5.82 Å². The third kappa shape index (κ3) is 2.29. The Labute approximate surface area is 108 Å². The van der Waals surface area contributed by atoms with Crippen molar-refractivity contribution in [2.45, 2.75) is 51.1 Å². The summed E-state index contributed by atoms with van der Waals surface area (Å²) in [6.07, 6.45) is 4.43. The number of aromatic nitrogens is 3. The van der Waals surface area contributed by atoms with E-state index in [1.54, 1.807) is 0 Å². The third-order valence-corrected chi connectivity index (χ3v) is 4.31. The van der Waals surface area contributed by atoms with Crippen LogP contribution in [0.25, 0.3) is 0 Å². The molecule has 0 spiro atoms. The molecule has 5 heteroatoms. The van der Waals surface area contributed by atoms with Crippen LogP contribution >= 0.6 is 0 Å². The van der Waals surface area contributed by atoms with Crippen molar-refractivity contribution in [2.75, 3.05) is 19.6 Å². The van der Waals surface area contributed by atoms with E-state index in [2.05, 4.69) is 16.9 Å². The predicted octanol–water partition coefficient (Wildman–Crippen LogP) is 0.751. The molecule has 100 valence electrons. The summed E-state index contributed by atoms with van der Waals surface area (Å²) >= 11 is 0. The second kappa shape index (κ2) is 4.97. The summed E-state index contributed by atoms with van der Waals surface area (Å²) in [6.45, 7) is 6.61. The Kier molecular flexibility index (Phi) is 3.35. The molecule has 1 unspecified atom stereocenters. The van der Waals surface area contributed by atoms with Gasteiger partial charge in [0.1, 0.15) is 5.82 Å².